The summed E-state index contributed by atoms with van der Waals surface area (Å²) in [4.78, 5) is 40.4. The van der Waals surface area contributed by atoms with Crippen LogP contribution in [0, 0.1) is 0 Å². The lowest BCUT2D eigenvalue weighted by molar-refractivity contribution is -0.160. The van der Waals surface area contributed by atoms with E-state index in [9.17, 15) is 19.5 Å². The van der Waals surface area contributed by atoms with E-state index in [1.54, 1.807) is 30.3 Å². The number of hydrogen-bond acceptors (Lipinski definition) is 4. The summed E-state index contributed by atoms with van der Waals surface area (Å²) in [6, 6.07) is 6.64. The van der Waals surface area contributed by atoms with Gasteiger partial charge in [0, 0.05) is 12.1 Å². The van der Waals surface area contributed by atoms with Crippen molar-refractivity contribution in [3.8, 4) is 0 Å². The van der Waals surface area contributed by atoms with E-state index in [-0.39, 0.29) is 5.91 Å². The quantitative estimate of drug-likeness (QED) is 0.803. The molecule has 3 amide bonds. The van der Waals surface area contributed by atoms with Crippen LogP contribution in [-0.2, 0) is 9.59 Å². The Bertz CT molecular complexity index is 614. The number of carbonyl (C=O) groups excluding carboxylic acids is 3. The van der Waals surface area contributed by atoms with Gasteiger partial charge >= 0.3 is 0 Å². The van der Waals surface area contributed by atoms with Crippen LogP contribution in [0.4, 0.5) is 0 Å². The van der Waals surface area contributed by atoms with Crippen LogP contribution in [0.1, 0.15) is 30.1 Å². The van der Waals surface area contributed by atoms with E-state index in [1.165, 1.54) is 11.8 Å². The third-order valence-corrected chi connectivity index (χ3v) is 4.29. The number of benzene rings is 1. The molecule has 3 rings (SSSR count). The maximum atomic E-state index is 12.7. The highest BCUT2D eigenvalue weighted by Crippen LogP contribution is 2.29. The van der Waals surface area contributed by atoms with Crippen molar-refractivity contribution in [2.24, 2.45) is 0 Å². The van der Waals surface area contributed by atoms with Crippen molar-refractivity contribution in [1.82, 2.24) is 9.80 Å². The molecule has 116 valence electrons. The molecular weight excluding hydrogens is 284 g/mol. The van der Waals surface area contributed by atoms with Crippen molar-refractivity contribution < 1.29 is 19.5 Å². The number of aliphatic hydroxyl groups excluding tert-OH is 1. The Morgan fingerprint density at radius 2 is 1.91 bits per heavy atom. The Morgan fingerprint density at radius 3 is 2.55 bits per heavy atom. The SMILES string of the molecule is C[C@H](O)[C@H]1C(=O)N2CCC[C@H]2C(=O)N1C(=O)c1ccccc1. The lowest BCUT2D eigenvalue weighted by Gasteiger charge is -2.42. The summed E-state index contributed by atoms with van der Waals surface area (Å²) < 4.78 is 0. The molecule has 0 saturated carbocycles. The largest absolute Gasteiger partial charge is 0.391 e. The first kappa shape index (κ1) is 14.7. The average Bonchev–Trinajstić information content (AvgIpc) is 3.00. The van der Waals surface area contributed by atoms with Gasteiger partial charge < -0.3 is 10.0 Å². The molecular formula is C16H18N2O4. The van der Waals surface area contributed by atoms with Crippen LogP contribution < -0.4 is 0 Å². The summed E-state index contributed by atoms with van der Waals surface area (Å²) in [6.07, 6.45) is 0.197. The third-order valence-electron chi connectivity index (χ3n) is 4.29. The van der Waals surface area contributed by atoms with Gasteiger partial charge in [0.2, 0.25) is 5.91 Å². The first-order valence-corrected chi connectivity index (χ1v) is 7.43. The summed E-state index contributed by atoms with van der Waals surface area (Å²) in [7, 11) is 0. The number of nitrogens with zero attached hydrogens (tertiary/aromatic N) is 2. The molecule has 2 fully saturated rings. The number of fused-ring (bicyclic) bond motifs is 1. The van der Waals surface area contributed by atoms with Crippen LogP contribution >= 0.6 is 0 Å². The van der Waals surface area contributed by atoms with E-state index >= 15 is 0 Å². The molecule has 3 atom stereocenters. The average molecular weight is 302 g/mol. The normalized spacial score (nSPS) is 26.1. The molecule has 22 heavy (non-hydrogen) atoms. The lowest BCUT2D eigenvalue weighted by atomic mass is 10.00. The second-order valence-corrected chi connectivity index (χ2v) is 5.75. The predicted molar refractivity (Wildman–Crippen MR) is 77.8 cm³/mol. The number of carbonyl (C=O) groups is 3. The monoisotopic (exact) mass is 302 g/mol. The topological polar surface area (TPSA) is 77.9 Å². The van der Waals surface area contributed by atoms with E-state index in [0.717, 1.165) is 11.3 Å². The first-order chi connectivity index (χ1) is 10.5. The van der Waals surface area contributed by atoms with E-state index in [2.05, 4.69) is 0 Å². The maximum absolute atomic E-state index is 12.7. The molecule has 0 radical (unpaired) electrons. The van der Waals surface area contributed by atoms with Crippen molar-refractivity contribution >= 4 is 17.7 Å². The highest BCUT2D eigenvalue weighted by molar-refractivity contribution is 6.12. The first-order valence-electron chi connectivity index (χ1n) is 7.43. The molecule has 1 aromatic carbocycles. The summed E-state index contributed by atoms with van der Waals surface area (Å²) in [5, 5.41) is 9.96. The number of hydrogen-bond donors (Lipinski definition) is 1. The number of imide groups is 1. The Hall–Kier alpha value is -2.21. The van der Waals surface area contributed by atoms with Gasteiger partial charge in [-0.1, -0.05) is 18.2 Å². The second-order valence-electron chi connectivity index (χ2n) is 5.75. The van der Waals surface area contributed by atoms with Crippen LogP contribution in [-0.4, -0.2) is 57.4 Å². The number of aliphatic hydroxyl groups is 1. The summed E-state index contributed by atoms with van der Waals surface area (Å²) in [6.45, 7) is 1.93. The van der Waals surface area contributed by atoms with Crippen LogP contribution in [0.3, 0.4) is 0 Å². The molecule has 2 heterocycles. The van der Waals surface area contributed by atoms with Gasteiger partial charge in [-0.3, -0.25) is 19.3 Å². The third kappa shape index (κ3) is 2.20. The molecule has 6 nitrogen and oxygen atoms in total. The molecule has 1 N–H and O–H groups in total. The molecule has 2 saturated heterocycles. The van der Waals surface area contributed by atoms with Gasteiger partial charge in [0.05, 0.1) is 6.10 Å². The highest BCUT2D eigenvalue weighted by Gasteiger charge is 2.51. The summed E-state index contributed by atoms with van der Waals surface area (Å²) in [5.74, 6) is -1.27. The molecule has 6 heteroatoms. The zero-order valence-electron chi connectivity index (χ0n) is 12.3. The lowest BCUT2D eigenvalue weighted by Crippen LogP contribution is -2.67. The summed E-state index contributed by atoms with van der Waals surface area (Å²) >= 11 is 0. The molecule has 2 aliphatic heterocycles. The second kappa shape index (κ2) is 5.53. The fourth-order valence-electron chi connectivity index (χ4n) is 3.23. The zero-order valence-corrected chi connectivity index (χ0v) is 12.3. The molecule has 0 aromatic heterocycles. The van der Waals surface area contributed by atoms with Gasteiger partial charge in [0.15, 0.2) is 0 Å². The van der Waals surface area contributed by atoms with Gasteiger partial charge in [-0.15, -0.1) is 0 Å². The predicted octanol–water partition coefficient (Wildman–Crippen LogP) is 0.409. The van der Waals surface area contributed by atoms with E-state index in [0.29, 0.717) is 18.5 Å². The molecule has 2 aliphatic rings. The number of rotatable bonds is 2. The van der Waals surface area contributed by atoms with Gasteiger partial charge in [0.25, 0.3) is 11.8 Å². The van der Waals surface area contributed by atoms with Crippen LogP contribution in [0.5, 0.6) is 0 Å². The van der Waals surface area contributed by atoms with Crippen LogP contribution in [0.2, 0.25) is 0 Å². The smallest absolute Gasteiger partial charge is 0.261 e. The fourth-order valence-corrected chi connectivity index (χ4v) is 3.23. The van der Waals surface area contributed by atoms with Gasteiger partial charge in [-0.25, -0.2) is 0 Å². The van der Waals surface area contributed by atoms with Crippen molar-refractivity contribution in [2.45, 2.75) is 38.0 Å². The van der Waals surface area contributed by atoms with Crippen molar-refractivity contribution in [3.05, 3.63) is 35.9 Å². The molecule has 1 aromatic rings. The minimum atomic E-state index is -1.14. The van der Waals surface area contributed by atoms with Crippen molar-refractivity contribution in [1.29, 1.82) is 0 Å². The van der Waals surface area contributed by atoms with E-state index in [4.69, 9.17) is 0 Å². The van der Waals surface area contributed by atoms with Gasteiger partial charge in [-0.05, 0) is 31.9 Å². The van der Waals surface area contributed by atoms with Crippen LogP contribution in [0.15, 0.2) is 30.3 Å². The number of piperazine rings is 1. The minimum absolute atomic E-state index is 0.334. The van der Waals surface area contributed by atoms with E-state index < -0.39 is 30.0 Å². The molecule has 0 unspecified atom stereocenters. The Morgan fingerprint density at radius 1 is 1.23 bits per heavy atom. The molecule has 0 aliphatic carbocycles. The fraction of sp³-hybridized carbons (Fsp3) is 0.438. The molecule has 0 bridgehead atoms. The summed E-state index contributed by atoms with van der Waals surface area (Å²) in [5.41, 5.74) is 0.334. The molecule has 0 spiro atoms. The van der Waals surface area contributed by atoms with Gasteiger partial charge in [0.1, 0.15) is 12.1 Å². The standard InChI is InChI=1S/C16H18N2O4/c1-10(19)13-16(22)17-9-5-8-12(17)15(21)18(13)14(20)11-6-3-2-4-7-11/h2-4,6-7,10,12-13,19H,5,8-9H2,1H3/t10-,12-,13-/m0/s1. The minimum Gasteiger partial charge on any atom is -0.391 e. The van der Waals surface area contributed by atoms with E-state index in [1.807, 2.05) is 0 Å². The highest BCUT2D eigenvalue weighted by atomic mass is 16.3. The van der Waals surface area contributed by atoms with Crippen molar-refractivity contribution in [2.75, 3.05) is 6.54 Å². The van der Waals surface area contributed by atoms with Crippen molar-refractivity contribution in [3.63, 3.8) is 0 Å². The van der Waals surface area contributed by atoms with Crippen LogP contribution in [0.25, 0.3) is 0 Å². The Balaban J connectivity index is 2.00. The van der Waals surface area contributed by atoms with Gasteiger partial charge in [-0.2, -0.15) is 0 Å². The Kier molecular flexibility index (Phi) is 3.70. The zero-order chi connectivity index (χ0) is 15.9. The maximum Gasteiger partial charge on any atom is 0.261 e. The number of amides is 3. The Labute approximate surface area is 128 Å².